The van der Waals surface area contributed by atoms with E-state index in [1.165, 1.54) is 0 Å². The van der Waals surface area contributed by atoms with E-state index in [1.807, 2.05) is 35.9 Å². The summed E-state index contributed by atoms with van der Waals surface area (Å²) in [6.07, 6.45) is 0. The van der Waals surface area contributed by atoms with Crippen LogP contribution in [0.5, 0.6) is 5.75 Å². The molecule has 1 aliphatic heterocycles. The van der Waals surface area contributed by atoms with Crippen molar-refractivity contribution in [2.75, 3.05) is 47.0 Å². The Hall–Kier alpha value is -2.05. The first-order valence-corrected chi connectivity index (χ1v) is 8.26. The van der Waals surface area contributed by atoms with Gasteiger partial charge in [-0.2, -0.15) is 0 Å². The molecule has 24 heavy (non-hydrogen) atoms. The fraction of sp³-hybridized carbons (Fsp3) is 0.500. The van der Waals surface area contributed by atoms with E-state index < -0.39 is 0 Å². The summed E-state index contributed by atoms with van der Waals surface area (Å²) in [4.78, 5) is 14.8. The molecular formula is C18H25N3O3. The number of aromatic nitrogens is 1. The topological polar surface area (TPSA) is 55.7 Å². The molecular weight excluding hydrogens is 306 g/mol. The molecule has 1 atom stereocenters. The van der Waals surface area contributed by atoms with Gasteiger partial charge in [-0.3, -0.25) is 4.79 Å². The van der Waals surface area contributed by atoms with Crippen LogP contribution >= 0.6 is 0 Å². The van der Waals surface area contributed by atoms with Gasteiger partial charge in [-0.25, -0.2) is 0 Å². The summed E-state index contributed by atoms with van der Waals surface area (Å²) in [5.74, 6) is 1.05. The smallest absolute Gasteiger partial charge is 0.267 e. The highest BCUT2D eigenvalue weighted by Gasteiger charge is 2.19. The summed E-state index contributed by atoms with van der Waals surface area (Å²) >= 11 is 0. The van der Waals surface area contributed by atoms with Crippen LogP contribution in [0.25, 0.3) is 10.9 Å². The predicted octanol–water partition coefficient (Wildman–Crippen LogP) is 1.49. The Morgan fingerprint density at radius 2 is 2.21 bits per heavy atom. The van der Waals surface area contributed by atoms with E-state index >= 15 is 0 Å². The van der Waals surface area contributed by atoms with Crippen LogP contribution in [0, 0.1) is 5.92 Å². The van der Waals surface area contributed by atoms with Gasteiger partial charge in [0.25, 0.3) is 5.91 Å². The van der Waals surface area contributed by atoms with Gasteiger partial charge in [0.15, 0.2) is 0 Å². The fourth-order valence-corrected chi connectivity index (χ4v) is 3.16. The number of hydrogen-bond acceptors (Lipinski definition) is 4. The quantitative estimate of drug-likeness (QED) is 0.922. The van der Waals surface area contributed by atoms with Gasteiger partial charge >= 0.3 is 0 Å². The lowest BCUT2D eigenvalue weighted by atomic mass is 10.1. The van der Waals surface area contributed by atoms with E-state index in [1.54, 1.807) is 7.11 Å². The summed E-state index contributed by atoms with van der Waals surface area (Å²) in [5.41, 5.74) is 1.64. The van der Waals surface area contributed by atoms with Gasteiger partial charge in [0.1, 0.15) is 11.4 Å². The normalized spacial score (nSPS) is 19.2. The van der Waals surface area contributed by atoms with Crippen molar-refractivity contribution in [3.05, 3.63) is 30.0 Å². The van der Waals surface area contributed by atoms with Crippen LogP contribution in [0.2, 0.25) is 0 Å². The molecule has 1 aliphatic rings. The second-order valence-electron chi connectivity index (χ2n) is 6.43. The van der Waals surface area contributed by atoms with Crippen LogP contribution in [0.4, 0.5) is 0 Å². The molecule has 0 saturated carbocycles. The molecule has 0 unspecified atom stereocenters. The number of fused-ring (bicyclic) bond motifs is 1. The summed E-state index contributed by atoms with van der Waals surface area (Å²) in [7, 11) is 5.63. The molecule has 3 rings (SSSR count). The van der Waals surface area contributed by atoms with E-state index in [2.05, 4.69) is 17.3 Å². The number of nitrogens with one attached hydrogen (secondary N) is 1. The van der Waals surface area contributed by atoms with Crippen molar-refractivity contribution in [2.24, 2.45) is 13.0 Å². The maximum atomic E-state index is 12.6. The van der Waals surface area contributed by atoms with Crippen molar-refractivity contribution in [3.63, 3.8) is 0 Å². The number of rotatable bonds is 4. The maximum Gasteiger partial charge on any atom is 0.267 e. The molecule has 0 aliphatic carbocycles. The van der Waals surface area contributed by atoms with Crippen LogP contribution in [0.15, 0.2) is 24.3 Å². The molecule has 0 radical (unpaired) electrons. The molecule has 1 N–H and O–H groups in total. The summed E-state index contributed by atoms with van der Waals surface area (Å²) in [6.45, 7) is 3.94. The molecule has 130 valence electrons. The molecule has 1 aromatic heterocycles. The Morgan fingerprint density at radius 1 is 1.38 bits per heavy atom. The molecule has 2 heterocycles. The number of benzene rings is 1. The molecule has 1 fully saturated rings. The van der Waals surface area contributed by atoms with E-state index in [-0.39, 0.29) is 5.91 Å². The number of carbonyl (C=O) groups excluding carboxylic acids is 1. The number of methoxy groups -OCH3 is 1. The van der Waals surface area contributed by atoms with Gasteiger partial charge in [-0.05, 0) is 25.2 Å². The Kier molecular flexibility index (Phi) is 5.06. The van der Waals surface area contributed by atoms with Crippen molar-refractivity contribution in [2.45, 2.75) is 0 Å². The van der Waals surface area contributed by atoms with Crippen LogP contribution in [0.1, 0.15) is 10.5 Å². The maximum absolute atomic E-state index is 12.6. The average molecular weight is 331 g/mol. The number of carbonyl (C=O) groups is 1. The summed E-state index contributed by atoms with van der Waals surface area (Å²) in [6, 6.07) is 7.74. The van der Waals surface area contributed by atoms with Gasteiger partial charge in [-0.15, -0.1) is 0 Å². The highest BCUT2D eigenvalue weighted by molar-refractivity contribution is 5.99. The summed E-state index contributed by atoms with van der Waals surface area (Å²) < 4.78 is 12.8. The van der Waals surface area contributed by atoms with E-state index in [0.717, 1.165) is 36.3 Å². The zero-order valence-corrected chi connectivity index (χ0v) is 14.5. The van der Waals surface area contributed by atoms with Crippen molar-refractivity contribution < 1.29 is 14.3 Å². The van der Waals surface area contributed by atoms with Gasteiger partial charge in [0.05, 0.1) is 25.8 Å². The Labute approximate surface area is 142 Å². The molecule has 0 bridgehead atoms. The second kappa shape index (κ2) is 7.23. The number of likely N-dealkylation sites (N-methyl/N-ethyl adjacent to an activating group) is 1. The number of nitrogens with zero attached hydrogens (tertiary/aromatic N) is 2. The zero-order chi connectivity index (χ0) is 17.1. The lowest BCUT2D eigenvalue weighted by Crippen LogP contribution is -2.36. The van der Waals surface area contributed by atoms with E-state index in [4.69, 9.17) is 9.47 Å². The highest BCUT2D eigenvalue weighted by atomic mass is 16.5. The monoisotopic (exact) mass is 331 g/mol. The SMILES string of the molecule is COc1ccc2cc(C(=O)NC[C@H]3COCCN(C)C3)n(C)c2c1. The third-order valence-corrected chi connectivity index (χ3v) is 4.58. The standard InChI is InChI=1S/C18H25N3O3/c1-20-6-7-24-12-13(11-20)10-19-18(22)17-8-14-4-5-15(23-3)9-16(14)21(17)2/h4-5,8-9,13H,6-7,10-12H2,1-3H3,(H,19,22)/t13-/m1/s1. The largest absolute Gasteiger partial charge is 0.497 e. The van der Waals surface area contributed by atoms with Crippen LogP contribution in [-0.2, 0) is 11.8 Å². The molecule has 0 spiro atoms. The lowest BCUT2D eigenvalue weighted by molar-refractivity contribution is 0.0914. The van der Waals surface area contributed by atoms with Gasteiger partial charge in [0.2, 0.25) is 0 Å². The molecule has 1 saturated heterocycles. The number of amides is 1. The average Bonchev–Trinajstić information content (AvgIpc) is 2.76. The lowest BCUT2D eigenvalue weighted by Gasteiger charge is -2.19. The number of hydrogen-bond donors (Lipinski definition) is 1. The van der Waals surface area contributed by atoms with Crippen LogP contribution < -0.4 is 10.1 Å². The van der Waals surface area contributed by atoms with Crippen molar-refractivity contribution in [1.29, 1.82) is 0 Å². The zero-order valence-electron chi connectivity index (χ0n) is 14.5. The first-order valence-electron chi connectivity index (χ1n) is 8.26. The van der Waals surface area contributed by atoms with Crippen LogP contribution in [-0.4, -0.2) is 62.4 Å². The van der Waals surface area contributed by atoms with Gasteiger partial charge in [0, 0.05) is 44.1 Å². The molecule has 6 heteroatoms. The Bertz CT molecular complexity index is 726. The third-order valence-electron chi connectivity index (χ3n) is 4.58. The molecule has 2 aromatic rings. The minimum atomic E-state index is -0.0560. The van der Waals surface area contributed by atoms with E-state index in [0.29, 0.717) is 24.8 Å². The second-order valence-corrected chi connectivity index (χ2v) is 6.43. The number of ether oxygens (including phenoxy) is 2. The van der Waals surface area contributed by atoms with Crippen molar-refractivity contribution in [1.82, 2.24) is 14.8 Å². The first-order chi connectivity index (χ1) is 11.6. The Morgan fingerprint density at radius 3 is 3.00 bits per heavy atom. The molecule has 1 aromatic carbocycles. The summed E-state index contributed by atoms with van der Waals surface area (Å²) in [5, 5.41) is 4.08. The van der Waals surface area contributed by atoms with E-state index in [9.17, 15) is 4.79 Å². The van der Waals surface area contributed by atoms with Gasteiger partial charge < -0.3 is 24.3 Å². The number of aryl methyl sites for hydroxylation is 1. The van der Waals surface area contributed by atoms with Crippen molar-refractivity contribution in [3.8, 4) is 5.75 Å². The highest BCUT2D eigenvalue weighted by Crippen LogP contribution is 2.23. The first kappa shape index (κ1) is 16.8. The van der Waals surface area contributed by atoms with Crippen LogP contribution in [0.3, 0.4) is 0 Å². The minimum Gasteiger partial charge on any atom is -0.497 e. The molecule has 6 nitrogen and oxygen atoms in total. The molecule has 1 amide bonds. The predicted molar refractivity (Wildman–Crippen MR) is 93.6 cm³/mol. The van der Waals surface area contributed by atoms with Crippen molar-refractivity contribution >= 4 is 16.8 Å². The fourth-order valence-electron chi connectivity index (χ4n) is 3.16. The minimum absolute atomic E-state index is 0.0560. The third kappa shape index (κ3) is 3.55. The Balaban J connectivity index is 1.70. The van der Waals surface area contributed by atoms with Gasteiger partial charge in [-0.1, -0.05) is 0 Å².